The first-order valence-electron chi connectivity index (χ1n) is 9.40. The summed E-state index contributed by atoms with van der Waals surface area (Å²) in [6.07, 6.45) is 1.72. The average Bonchev–Trinajstić information content (AvgIpc) is 2.63. The molecule has 0 aromatic heterocycles. The number of nitrogens with zero attached hydrogens (tertiary/aromatic N) is 1. The lowest BCUT2D eigenvalue weighted by atomic mass is 10.1. The summed E-state index contributed by atoms with van der Waals surface area (Å²) >= 11 is 0. The highest BCUT2D eigenvalue weighted by molar-refractivity contribution is 5.79. The van der Waals surface area contributed by atoms with E-state index in [1.807, 2.05) is 0 Å². The van der Waals surface area contributed by atoms with Gasteiger partial charge in [-0.05, 0) is 38.0 Å². The number of carbonyl (C=O) groups excluding carboxylic acids is 1. The predicted molar refractivity (Wildman–Crippen MR) is 104 cm³/mol. The van der Waals surface area contributed by atoms with Crippen molar-refractivity contribution in [1.82, 2.24) is 10.2 Å². The third-order valence-electron chi connectivity index (χ3n) is 4.56. The molecule has 1 aliphatic heterocycles. The van der Waals surface area contributed by atoms with E-state index >= 15 is 0 Å². The molecule has 152 valence electrons. The van der Waals surface area contributed by atoms with Crippen molar-refractivity contribution >= 4 is 5.91 Å². The number of nitrogens with one attached hydrogen (secondary N) is 1. The molecule has 0 radical (unpaired) electrons. The summed E-state index contributed by atoms with van der Waals surface area (Å²) in [6, 6.07) is 3.61. The van der Waals surface area contributed by atoms with Gasteiger partial charge in [0.05, 0.1) is 40.0 Å². The highest BCUT2D eigenvalue weighted by atomic mass is 16.5. The third-order valence-corrected chi connectivity index (χ3v) is 4.56. The zero-order valence-electron chi connectivity index (χ0n) is 17.0. The van der Waals surface area contributed by atoms with Gasteiger partial charge in [0.25, 0.3) is 0 Å². The largest absolute Gasteiger partial charge is 0.493 e. The second kappa shape index (κ2) is 10.4. The van der Waals surface area contributed by atoms with Crippen LogP contribution >= 0.6 is 0 Å². The predicted octanol–water partition coefficient (Wildman–Crippen LogP) is 1.87. The van der Waals surface area contributed by atoms with E-state index < -0.39 is 0 Å². The maximum absolute atomic E-state index is 12.3. The number of ether oxygens (including phenoxy) is 4. The number of morpholine rings is 1. The second-order valence-corrected chi connectivity index (χ2v) is 6.93. The Balaban J connectivity index is 1.80. The van der Waals surface area contributed by atoms with Gasteiger partial charge in [-0.3, -0.25) is 9.69 Å². The van der Waals surface area contributed by atoms with E-state index in [1.165, 1.54) is 0 Å². The van der Waals surface area contributed by atoms with Crippen LogP contribution in [0.3, 0.4) is 0 Å². The quantitative estimate of drug-likeness (QED) is 0.660. The first-order chi connectivity index (χ1) is 13.0. The zero-order valence-corrected chi connectivity index (χ0v) is 17.0. The molecule has 1 amide bonds. The van der Waals surface area contributed by atoms with Crippen molar-refractivity contribution in [3.8, 4) is 17.2 Å². The van der Waals surface area contributed by atoms with Crippen molar-refractivity contribution in [1.29, 1.82) is 0 Å². The monoisotopic (exact) mass is 380 g/mol. The van der Waals surface area contributed by atoms with E-state index in [4.69, 9.17) is 18.9 Å². The lowest BCUT2D eigenvalue weighted by molar-refractivity contribution is -0.120. The van der Waals surface area contributed by atoms with Gasteiger partial charge in [-0.25, -0.2) is 0 Å². The fourth-order valence-electron chi connectivity index (χ4n) is 3.48. The molecule has 0 saturated carbocycles. The van der Waals surface area contributed by atoms with Crippen molar-refractivity contribution in [3.05, 3.63) is 17.7 Å². The van der Waals surface area contributed by atoms with Gasteiger partial charge in [0.1, 0.15) is 0 Å². The molecule has 7 nitrogen and oxygen atoms in total. The number of hydrogen-bond acceptors (Lipinski definition) is 6. The molecule has 2 rings (SSSR count). The number of methoxy groups -OCH3 is 3. The molecule has 1 heterocycles. The van der Waals surface area contributed by atoms with Crippen LogP contribution in [0.25, 0.3) is 0 Å². The molecule has 27 heavy (non-hydrogen) atoms. The zero-order chi connectivity index (χ0) is 19.8. The molecule has 0 bridgehead atoms. The molecule has 2 unspecified atom stereocenters. The average molecular weight is 380 g/mol. The van der Waals surface area contributed by atoms with Crippen LogP contribution in [0, 0.1) is 0 Å². The van der Waals surface area contributed by atoms with Crippen molar-refractivity contribution in [2.75, 3.05) is 47.5 Å². The van der Waals surface area contributed by atoms with Gasteiger partial charge < -0.3 is 24.3 Å². The van der Waals surface area contributed by atoms with E-state index in [1.54, 1.807) is 33.5 Å². The molecular weight excluding hydrogens is 348 g/mol. The molecule has 1 saturated heterocycles. The molecule has 1 aromatic rings. The normalized spacial score (nSPS) is 20.2. The van der Waals surface area contributed by atoms with Crippen LogP contribution in [0.5, 0.6) is 17.2 Å². The Morgan fingerprint density at radius 3 is 2.22 bits per heavy atom. The molecule has 1 aromatic carbocycles. The maximum Gasteiger partial charge on any atom is 0.224 e. The van der Waals surface area contributed by atoms with Crippen LogP contribution in [0.4, 0.5) is 0 Å². The Bertz CT molecular complexity index is 587. The molecule has 1 N–H and O–H groups in total. The Hall–Kier alpha value is -1.99. The lowest BCUT2D eigenvalue weighted by Gasteiger charge is -2.35. The summed E-state index contributed by atoms with van der Waals surface area (Å²) in [4.78, 5) is 14.7. The second-order valence-electron chi connectivity index (χ2n) is 6.93. The Labute approximate surface area is 161 Å². The van der Waals surface area contributed by atoms with E-state index in [-0.39, 0.29) is 24.5 Å². The summed E-state index contributed by atoms with van der Waals surface area (Å²) < 4.78 is 21.7. The number of amides is 1. The van der Waals surface area contributed by atoms with E-state index in [9.17, 15) is 4.79 Å². The fraction of sp³-hybridized carbons (Fsp3) is 0.650. The van der Waals surface area contributed by atoms with Crippen molar-refractivity contribution in [2.24, 2.45) is 0 Å². The summed E-state index contributed by atoms with van der Waals surface area (Å²) in [5.41, 5.74) is 0.817. The molecular formula is C20H32N2O5. The Kier molecular flexibility index (Phi) is 8.19. The Morgan fingerprint density at radius 1 is 1.11 bits per heavy atom. The van der Waals surface area contributed by atoms with Gasteiger partial charge >= 0.3 is 0 Å². The lowest BCUT2D eigenvalue weighted by Crippen LogP contribution is -2.46. The van der Waals surface area contributed by atoms with Crippen LogP contribution in [-0.4, -0.2) is 70.5 Å². The minimum Gasteiger partial charge on any atom is -0.493 e. The van der Waals surface area contributed by atoms with E-state index in [0.717, 1.165) is 31.6 Å². The van der Waals surface area contributed by atoms with Gasteiger partial charge in [-0.2, -0.15) is 0 Å². The number of hydrogen-bond donors (Lipinski definition) is 1. The highest BCUT2D eigenvalue weighted by Crippen LogP contribution is 2.38. The SMILES string of the molecule is COc1cc(CC(=O)NCCCN2CC(C)OC(C)C2)cc(OC)c1OC. The van der Waals surface area contributed by atoms with Crippen LogP contribution < -0.4 is 19.5 Å². The minimum absolute atomic E-state index is 0.0204. The van der Waals surface area contributed by atoms with Crippen LogP contribution in [0.15, 0.2) is 12.1 Å². The molecule has 0 spiro atoms. The van der Waals surface area contributed by atoms with Crippen LogP contribution in [0.1, 0.15) is 25.8 Å². The van der Waals surface area contributed by atoms with Gasteiger partial charge in [0, 0.05) is 26.2 Å². The molecule has 1 aliphatic rings. The maximum atomic E-state index is 12.3. The van der Waals surface area contributed by atoms with E-state index in [2.05, 4.69) is 24.1 Å². The fourth-order valence-corrected chi connectivity index (χ4v) is 3.48. The van der Waals surface area contributed by atoms with Gasteiger partial charge in [0.2, 0.25) is 11.7 Å². The summed E-state index contributed by atoms with van der Waals surface area (Å²) in [7, 11) is 4.69. The topological polar surface area (TPSA) is 69.3 Å². The first-order valence-corrected chi connectivity index (χ1v) is 9.40. The van der Waals surface area contributed by atoms with Crippen LogP contribution in [0.2, 0.25) is 0 Å². The molecule has 0 aliphatic carbocycles. The van der Waals surface area contributed by atoms with Crippen molar-refractivity contribution in [2.45, 2.75) is 38.9 Å². The van der Waals surface area contributed by atoms with Crippen molar-refractivity contribution in [3.63, 3.8) is 0 Å². The van der Waals surface area contributed by atoms with Crippen molar-refractivity contribution < 1.29 is 23.7 Å². The Morgan fingerprint density at radius 2 is 1.70 bits per heavy atom. The molecule has 2 atom stereocenters. The number of rotatable bonds is 9. The van der Waals surface area contributed by atoms with Gasteiger partial charge in [0.15, 0.2) is 11.5 Å². The molecule has 7 heteroatoms. The summed E-state index contributed by atoms with van der Waals surface area (Å²) in [5, 5.41) is 2.99. The van der Waals surface area contributed by atoms with Gasteiger partial charge in [-0.15, -0.1) is 0 Å². The summed E-state index contributed by atoms with van der Waals surface area (Å²) in [5.74, 6) is 1.61. The number of benzene rings is 1. The smallest absolute Gasteiger partial charge is 0.224 e. The number of carbonyl (C=O) groups is 1. The molecule has 1 fully saturated rings. The third kappa shape index (κ3) is 6.29. The standard InChI is InChI=1S/C20H32N2O5/c1-14-12-22(13-15(2)27-14)8-6-7-21-19(23)11-16-9-17(24-3)20(26-5)18(10-16)25-4/h9-10,14-15H,6-8,11-13H2,1-5H3,(H,21,23). The minimum atomic E-state index is -0.0204. The summed E-state index contributed by atoms with van der Waals surface area (Å²) in [6.45, 7) is 7.71. The highest BCUT2D eigenvalue weighted by Gasteiger charge is 2.21. The van der Waals surface area contributed by atoms with Gasteiger partial charge in [-0.1, -0.05) is 0 Å². The van der Waals surface area contributed by atoms with Crippen LogP contribution in [-0.2, 0) is 16.0 Å². The first kappa shape index (κ1) is 21.3. The van der Waals surface area contributed by atoms with E-state index in [0.29, 0.717) is 23.8 Å².